The van der Waals surface area contributed by atoms with Gasteiger partial charge in [-0.3, -0.25) is 4.90 Å². The Bertz CT molecular complexity index is 193. The Balaban J connectivity index is 2.37. The Hall–Kier alpha value is -0.580. The predicted octanol–water partition coefficient (Wildman–Crippen LogP) is 1.99. The summed E-state index contributed by atoms with van der Waals surface area (Å²) in [4.78, 5) is 12.2. The molecule has 0 aliphatic carbocycles. The van der Waals surface area contributed by atoms with Crippen LogP contribution in [0.3, 0.4) is 0 Å². The molecule has 1 fully saturated rings. The summed E-state index contributed by atoms with van der Waals surface area (Å²) in [5, 5.41) is 0. The number of nitrogens with zero attached hydrogens (tertiary/aromatic N) is 1. The van der Waals surface area contributed by atoms with Gasteiger partial charge in [-0.15, -0.1) is 0 Å². The first-order valence-electron chi connectivity index (χ1n) is 4.79. The Labute approximate surface area is 81.1 Å². The molecule has 82 valence electrons. The topological polar surface area (TPSA) is 20.3 Å². The van der Waals surface area contributed by atoms with Crippen LogP contribution in [0.1, 0.15) is 25.7 Å². The largest absolute Gasteiger partial charge is 0.390 e. The minimum absolute atomic E-state index is 0.0487. The van der Waals surface area contributed by atoms with Gasteiger partial charge < -0.3 is 4.79 Å². The van der Waals surface area contributed by atoms with Gasteiger partial charge in [0.1, 0.15) is 6.29 Å². The summed E-state index contributed by atoms with van der Waals surface area (Å²) in [5.41, 5.74) is 0. The number of carbonyl (C=O) groups excluding carboxylic acids is 1. The van der Waals surface area contributed by atoms with E-state index in [1.165, 1.54) is 0 Å². The van der Waals surface area contributed by atoms with E-state index in [-0.39, 0.29) is 12.6 Å². The molecule has 0 spiro atoms. The lowest BCUT2D eigenvalue weighted by Gasteiger charge is -2.32. The van der Waals surface area contributed by atoms with Crippen LogP contribution in [-0.4, -0.2) is 36.5 Å². The summed E-state index contributed by atoms with van der Waals surface area (Å²) in [6.45, 7) is 0.562. The molecule has 1 rings (SSSR count). The minimum atomic E-state index is -4.12. The standard InChI is InChI=1S/C9H14F3NO/c10-9(11,12)4-6-13-5-2-1-3-8(13)7-14/h7-8H,1-6H2. The molecule has 2 nitrogen and oxygen atoms in total. The van der Waals surface area contributed by atoms with E-state index >= 15 is 0 Å². The van der Waals surface area contributed by atoms with E-state index in [2.05, 4.69) is 0 Å². The molecule has 1 unspecified atom stereocenters. The first-order valence-corrected chi connectivity index (χ1v) is 4.79. The molecule has 0 aromatic heterocycles. The van der Waals surface area contributed by atoms with Gasteiger partial charge in [-0.1, -0.05) is 6.42 Å². The number of halogens is 3. The first-order chi connectivity index (χ1) is 6.53. The Morgan fingerprint density at radius 2 is 2.07 bits per heavy atom. The van der Waals surface area contributed by atoms with Gasteiger partial charge in [0.25, 0.3) is 0 Å². The molecule has 0 aromatic carbocycles. The predicted molar refractivity (Wildman–Crippen MR) is 45.9 cm³/mol. The summed E-state index contributed by atoms with van der Waals surface area (Å²) in [5.74, 6) is 0. The number of piperidine rings is 1. The molecule has 0 N–H and O–H groups in total. The number of aldehydes is 1. The van der Waals surface area contributed by atoms with E-state index in [0.717, 1.165) is 19.1 Å². The van der Waals surface area contributed by atoms with Crippen LogP contribution in [0.25, 0.3) is 0 Å². The molecule has 0 radical (unpaired) electrons. The van der Waals surface area contributed by atoms with E-state index in [4.69, 9.17) is 0 Å². The lowest BCUT2D eigenvalue weighted by atomic mass is 10.0. The number of alkyl halides is 3. The summed E-state index contributed by atoms with van der Waals surface area (Å²) in [7, 11) is 0. The van der Waals surface area contributed by atoms with Crippen molar-refractivity contribution in [3.8, 4) is 0 Å². The second kappa shape index (κ2) is 4.77. The number of hydrogen-bond acceptors (Lipinski definition) is 2. The van der Waals surface area contributed by atoms with Gasteiger partial charge in [-0.25, -0.2) is 0 Å². The number of hydrogen-bond donors (Lipinski definition) is 0. The second-order valence-corrected chi connectivity index (χ2v) is 3.60. The minimum Gasteiger partial charge on any atom is -0.302 e. The molecule has 1 atom stereocenters. The van der Waals surface area contributed by atoms with E-state index in [0.29, 0.717) is 13.0 Å². The van der Waals surface area contributed by atoms with Crippen LogP contribution in [-0.2, 0) is 4.79 Å². The Kier molecular flexibility index (Phi) is 3.92. The summed E-state index contributed by atoms with van der Waals surface area (Å²) < 4.78 is 35.8. The number of rotatable bonds is 3. The van der Waals surface area contributed by atoms with Crippen LogP contribution < -0.4 is 0 Å². The highest BCUT2D eigenvalue weighted by Crippen LogP contribution is 2.22. The van der Waals surface area contributed by atoms with Crippen molar-refractivity contribution in [3.05, 3.63) is 0 Å². The third-order valence-corrected chi connectivity index (χ3v) is 2.50. The van der Waals surface area contributed by atoms with Crippen LogP contribution in [0.2, 0.25) is 0 Å². The maximum Gasteiger partial charge on any atom is 0.390 e. The van der Waals surface area contributed by atoms with E-state index < -0.39 is 12.6 Å². The summed E-state index contributed by atoms with van der Waals surface area (Å²) in [6, 6.07) is -0.300. The van der Waals surface area contributed by atoms with E-state index in [1.807, 2.05) is 0 Å². The summed E-state index contributed by atoms with van der Waals surface area (Å²) >= 11 is 0. The van der Waals surface area contributed by atoms with E-state index in [1.54, 1.807) is 4.90 Å². The molecular formula is C9H14F3NO. The van der Waals surface area contributed by atoms with Crippen LogP contribution in [0.4, 0.5) is 13.2 Å². The molecular weight excluding hydrogens is 195 g/mol. The molecule has 1 aliphatic heterocycles. The average molecular weight is 209 g/mol. The third kappa shape index (κ3) is 3.65. The molecule has 0 amide bonds. The molecule has 1 heterocycles. The zero-order chi connectivity index (χ0) is 10.6. The van der Waals surface area contributed by atoms with Gasteiger partial charge in [0.2, 0.25) is 0 Å². The van der Waals surface area contributed by atoms with E-state index in [9.17, 15) is 18.0 Å². The van der Waals surface area contributed by atoms with Crippen LogP contribution >= 0.6 is 0 Å². The summed E-state index contributed by atoms with van der Waals surface area (Å²) in [6.07, 6.45) is -1.66. The lowest BCUT2D eigenvalue weighted by Crippen LogP contribution is -2.42. The number of likely N-dealkylation sites (tertiary alicyclic amines) is 1. The van der Waals surface area contributed by atoms with Gasteiger partial charge in [-0.2, -0.15) is 13.2 Å². The van der Waals surface area contributed by atoms with Crippen molar-refractivity contribution in [2.45, 2.75) is 37.9 Å². The molecule has 5 heteroatoms. The molecule has 0 aromatic rings. The maximum atomic E-state index is 11.9. The van der Waals surface area contributed by atoms with Gasteiger partial charge in [-0.05, 0) is 19.4 Å². The lowest BCUT2D eigenvalue weighted by molar-refractivity contribution is -0.141. The van der Waals surface area contributed by atoms with Crippen molar-refractivity contribution >= 4 is 6.29 Å². The van der Waals surface area contributed by atoms with Crippen molar-refractivity contribution in [2.24, 2.45) is 0 Å². The zero-order valence-electron chi connectivity index (χ0n) is 7.89. The smallest absolute Gasteiger partial charge is 0.302 e. The fraction of sp³-hybridized carbons (Fsp3) is 0.889. The van der Waals surface area contributed by atoms with Gasteiger partial charge in [0.15, 0.2) is 0 Å². The normalized spacial score (nSPS) is 24.9. The fourth-order valence-electron chi connectivity index (χ4n) is 1.72. The highest BCUT2D eigenvalue weighted by Gasteiger charge is 2.30. The molecule has 14 heavy (non-hydrogen) atoms. The number of carbonyl (C=O) groups is 1. The monoisotopic (exact) mass is 209 g/mol. The zero-order valence-corrected chi connectivity index (χ0v) is 7.89. The van der Waals surface area contributed by atoms with Gasteiger partial charge >= 0.3 is 6.18 Å². The first kappa shape index (κ1) is 11.5. The highest BCUT2D eigenvalue weighted by molar-refractivity contribution is 5.57. The van der Waals surface area contributed by atoms with Crippen molar-refractivity contribution < 1.29 is 18.0 Å². The SMILES string of the molecule is O=CC1CCCCN1CCC(F)(F)F. The van der Waals surface area contributed by atoms with Crippen molar-refractivity contribution in [3.63, 3.8) is 0 Å². The fourth-order valence-corrected chi connectivity index (χ4v) is 1.72. The highest BCUT2D eigenvalue weighted by atomic mass is 19.4. The molecule has 0 saturated carbocycles. The molecule has 1 aliphatic rings. The van der Waals surface area contributed by atoms with Crippen molar-refractivity contribution in [1.29, 1.82) is 0 Å². The Morgan fingerprint density at radius 3 is 2.64 bits per heavy atom. The van der Waals surface area contributed by atoms with Crippen LogP contribution in [0, 0.1) is 0 Å². The molecule has 1 saturated heterocycles. The molecule has 0 bridgehead atoms. The van der Waals surface area contributed by atoms with Crippen LogP contribution in [0.15, 0.2) is 0 Å². The quantitative estimate of drug-likeness (QED) is 0.662. The van der Waals surface area contributed by atoms with Gasteiger partial charge in [0.05, 0.1) is 12.5 Å². The second-order valence-electron chi connectivity index (χ2n) is 3.60. The Morgan fingerprint density at radius 1 is 1.36 bits per heavy atom. The van der Waals surface area contributed by atoms with Gasteiger partial charge in [0, 0.05) is 6.54 Å². The van der Waals surface area contributed by atoms with Crippen molar-refractivity contribution in [1.82, 2.24) is 4.90 Å². The van der Waals surface area contributed by atoms with Crippen molar-refractivity contribution in [2.75, 3.05) is 13.1 Å². The maximum absolute atomic E-state index is 11.9. The third-order valence-electron chi connectivity index (χ3n) is 2.50. The van der Waals surface area contributed by atoms with Crippen LogP contribution in [0.5, 0.6) is 0 Å². The average Bonchev–Trinajstić information content (AvgIpc) is 2.14.